The summed E-state index contributed by atoms with van der Waals surface area (Å²) in [6.45, 7) is 4.18. The van der Waals surface area contributed by atoms with Crippen LogP contribution in [0.3, 0.4) is 0 Å². The van der Waals surface area contributed by atoms with Crippen molar-refractivity contribution >= 4 is 11.7 Å². The Bertz CT molecular complexity index is 758. The van der Waals surface area contributed by atoms with Crippen LogP contribution in [0.4, 0.5) is 10.5 Å². The van der Waals surface area contributed by atoms with Crippen molar-refractivity contribution in [3.63, 3.8) is 0 Å². The summed E-state index contributed by atoms with van der Waals surface area (Å²) in [6, 6.07) is 11.0. The molecule has 0 saturated carbocycles. The van der Waals surface area contributed by atoms with Crippen LogP contribution in [0.1, 0.15) is 36.8 Å². The summed E-state index contributed by atoms with van der Waals surface area (Å²) in [4.78, 5) is 19.1. The van der Waals surface area contributed by atoms with Crippen LogP contribution in [0, 0.1) is 13.8 Å². The summed E-state index contributed by atoms with van der Waals surface area (Å²) >= 11 is 0. The number of fused-ring (bicyclic) bond motifs is 2. The zero-order valence-electron chi connectivity index (χ0n) is 14.2. The Labute approximate surface area is 142 Å². The molecule has 4 heteroatoms. The van der Waals surface area contributed by atoms with Crippen LogP contribution in [0.2, 0.25) is 0 Å². The van der Waals surface area contributed by atoms with Crippen molar-refractivity contribution in [2.24, 2.45) is 0 Å². The summed E-state index contributed by atoms with van der Waals surface area (Å²) in [7, 11) is 0. The van der Waals surface area contributed by atoms with Crippen molar-refractivity contribution in [3.05, 3.63) is 47.7 Å². The van der Waals surface area contributed by atoms with Gasteiger partial charge in [-0.15, -0.1) is 0 Å². The van der Waals surface area contributed by atoms with Gasteiger partial charge in [-0.1, -0.05) is 6.07 Å². The highest BCUT2D eigenvalue weighted by Gasteiger charge is 2.44. The molecule has 4 rings (SSSR count). The number of anilines is 1. The number of benzene rings is 1. The van der Waals surface area contributed by atoms with Gasteiger partial charge in [0.1, 0.15) is 0 Å². The first kappa shape index (κ1) is 15.2. The first-order chi connectivity index (χ1) is 11.6. The molecule has 4 nitrogen and oxygen atoms in total. The molecular formula is C20H23N3O. The van der Waals surface area contributed by atoms with E-state index in [-0.39, 0.29) is 6.03 Å². The minimum Gasteiger partial charge on any atom is -0.318 e. The molecule has 2 fully saturated rings. The van der Waals surface area contributed by atoms with Crippen molar-refractivity contribution in [1.29, 1.82) is 0 Å². The summed E-state index contributed by atoms with van der Waals surface area (Å²) in [5, 5.41) is 3.11. The fraction of sp³-hybridized carbons (Fsp3) is 0.400. The molecule has 0 aliphatic carbocycles. The van der Waals surface area contributed by atoms with Crippen LogP contribution in [0.5, 0.6) is 0 Å². The fourth-order valence-electron chi connectivity index (χ4n) is 4.04. The second-order valence-electron chi connectivity index (χ2n) is 6.99. The zero-order valence-corrected chi connectivity index (χ0v) is 14.2. The summed E-state index contributed by atoms with van der Waals surface area (Å²) in [5.74, 6) is 0. The molecule has 0 spiro atoms. The highest BCUT2D eigenvalue weighted by molar-refractivity contribution is 5.91. The summed E-state index contributed by atoms with van der Waals surface area (Å²) in [5.41, 5.74) is 5.24. The Morgan fingerprint density at radius 3 is 2.67 bits per heavy atom. The molecule has 124 valence electrons. The van der Waals surface area contributed by atoms with Crippen LogP contribution in [-0.2, 0) is 0 Å². The van der Waals surface area contributed by atoms with Gasteiger partial charge >= 0.3 is 6.03 Å². The lowest BCUT2D eigenvalue weighted by molar-refractivity contribution is 0.0173. The maximum Gasteiger partial charge on any atom is 0.322 e. The van der Waals surface area contributed by atoms with Gasteiger partial charge in [-0.05, 0) is 74.9 Å². The number of carbonyl (C=O) groups excluding carboxylic acids is 1. The second-order valence-corrected chi connectivity index (χ2v) is 6.99. The third-order valence-electron chi connectivity index (χ3n) is 5.50. The van der Waals surface area contributed by atoms with E-state index in [2.05, 4.69) is 30.2 Å². The number of aryl methyl sites for hydroxylation is 1. The maximum absolute atomic E-state index is 12.7. The first-order valence-electron chi connectivity index (χ1n) is 8.75. The number of nitrogens with one attached hydrogen (secondary N) is 1. The molecule has 2 saturated heterocycles. The number of urea groups is 1. The van der Waals surface area contributed by atoms with E-state index in [1.807, 2.05) is 29.2 Å². The van der Waals surface area contributed by atoms with E-state index >= 15 is 0 Å². The van der Waals surface area contributed by atoms with Gasteiger partial charge in [0.25, 0.3) is 0 Å². The minimum absolute atomic E-state index is 0.0474. The molecule has 2 aromatic rings. The number of amides is 2. The number of nitrogens with zero attached hydrogens (tertiary/aromatic N) is 2. The van der Waals surface area contributed by atoms with Gasteiger partial charge in [0.2, 0.25) is 0 Å². The van der Waals surface area contributed by atoms with Crippen molar-refractivity contribution in [2.45, 2.75) is 51.6 Å². The van der Waals surface area contributed by atoms with Gasteiger partial charge in [-0.3, -0.25) is 4.98 Å². The van der Waals surface area contributed by atoms with Crippen LogP contribution in [0.15, 0.2) is 36.5 Å². The number of aromatic nitrogens is 1. The first-order valence-corrected chi connectivity index (χ1v) is 8.75. The largest absolute Gasteiger partial charge is 0.322 e. The predicted octanol–water partition coefficient (Wildman–Crippen LogP) is 4.52. The number of piperidine rings is 1. The third-order valence-corrected chi connectivity index (χ3v) is 5.50. The fourth-order valence-corrected chi connectivity index (χ4v) is 4.04. The Kier molecular flexibility index (Phi) is 3.75. The van der Waals surface area contributed by atoms with E-state index in [9.17, 15) is 4.79 Å². The lowest BCUT2D eigenvalue weighted by Crippen LogP contribution is -2.62. The lowest BCUT2D eigenvalue weighted by Gasteiger charge is -2.52. The molecule has 2 unspecified atom stereocenters. The molecule has 1 aromatic carbocycles. The molecule has 1 N–H and O–H groups in total. The highest BCUT2D eigenvalue weighted by Crippen LogP contribution is 2.38. The highest BCUT2D eigenvalue weighted by atomic mass is 16.2. The van der Waals surface area contributed by atoms with Crippen LogP contribution in [-0.4, -0.2) is 28.0 Å². The normalized spacial score (nSPS) is 22.0. The van der Waals surface area contributed by atoms with Crippen LogP contribution >= 0.6 is 0 Å². The topological polar surface area (TPSA) is 45.2 Å². The lowest BCUT2D eigenvalue weighted by atomic mass is 9.80. The van der Waals surface area contributed by atoms with Gasteiger partial charge in [0.05, 0.1) is 5.69 Å². The van der Waals surface area contributed by atoms with Gasteiger partial charge in [-0.25, -0.2) is 4.79 Å². The molecule has 2 atom stereocenters. The van der Waals surface area contributed by atoms with E-state index in [0.717, 1.165) is 35.3 Å². The maximum atomic E-state index is 12.7. The molecule has 2 aliphatic heterocycles. The monoisotopic (exact) mass is 321 g/mol. The average molecular weight is 321 g/mol. The number of hydrogen-bond acceptors (Lipinski definition) is 2. The molecule has 2 aliphatic rings. The number of pyridine rings is 1. The van der Waals surface area contributed by atoms with Crippen molar-refractivity contribution in [1.82, 2.24) is 9.88 Å². The zero-order chi connectivity index (χ0) is 16.7. The Morgan fingerprint density at radius 2 is 2.00 bits per heavy atom. The molecular weight excluding hydrogens is 298 g/mol. The standard InChI is InChI=1S/C20H23N3O/c1-13-10-15(11-18(14(13)2)19-8-3-4-9-21-19)22-20(24)23-16-6-5-7-17(23)12-16/h3-4,8-11,16-17H,5-7,12H2,1-2H3,(H,22,24). The quantitative estimate of drug-likeness (QED) is 0.883. The average Bonchev–Trinajstić information content (AvgIpc) is 2.59. The van der Waals surface area contributed by atoms with Gasteiger partial charge in [0, 0.05) is 29.5 Å². The third kappa shape index (κ3) is 2.56. The number of rotatable bonds is 2. The van der Waals surface area contributed by atoms with Crippen LogP contribution < -0.4 is 5.32 Å². The van der Waals surface area contributed by atoms with E-state index in [1.54, 1.807) is 6.20 Å². The van der Waals surface area contributed by atoms with Gasteiger partial charge in [-0.2, -0.15) is 0 Å². The van der Waals surface area contributed by atoms with Crippen molar-refractivity contribution < 1.29 is 4.79 Å². The van der Waals surface area contributed by atoms with Crippen molar-refractivity contribution in [3.8, 4) is 11.3 Å². The number of carbonyl (C=O) groups is 1. The van der Waals surface area contributed by atoms with Gasteiger partial charge in [0.15, 0.2) is 0 Å². The molecule has 24 heavy (non-hydrogen) atoms. The second kappa shape index (κ2) is 5.93. The SMILES string of the molecule is Cc1cc(NC(=O)N2C3CCCC2C3)cc(-c2ccccn2)c1C. The van der Waals surface area contributed by atoms with Crippen molar-refractivity contribution in [2.75, 3.05) is 5.32 Å². The predicted molar refractivity (Wildman–Crippen MR) is 96.0 cm³/mol. The Morgan fingerprint density at radius 1 is 1.21 bits per heavy atom. The van der Waals surface area contributed by atoms with Crippen LogP contribution in [0.25, 0.3) is 11.3 Å². The summed E-state index contributed by atoms with van der Waals surface area (Å²) in [6.07, 6.45) is 6.54. The number of hydrogen-bond donors (Lipinski definition) is 1. The molecule has 1 aromatic heterocycles. The smallest absolute Gasteiger partial charge is 0.318 e. The van der Waals surface area contributed by atoms with E-state index in [0.29, 0.717) is 12.1 Å². The molecule has 3 heterocycles. The van der Waals surface area contributed by atoms with E-state index < -0.39 is 0 Å². The van der Waals surface area contributed by atoms with E-state index in [4.69, 9.17) is 0 Å². The van der Waals surface area contributed by atoms with E-state index in [1.165, 1.54) is 18.4 Å². The van der Waals surface area contributed by atoms with Gasteiger partial charge < -0.3 is 10.2 Å². The Hall–Kier alpha value is -2.36. The minimum atomic E-state index is 0.0474. The molecule has 2 bridgehead atoms. The molecule has 0 radical (unpaired) electrons. The molecule has 2 amide bonds. The summed E-state index contributed by atoms with van der Waals surface area (Å²) < 4.78 is 0. The Balaban J connectivity index is 1.60.